The Balaban J connectivity index is 3.33. The maximum atomic E-state index is 10.3. The van der Waals surface area contributed by atoms with E-state index in [0.717, 1.165) is 6.07 Å². The smallest absolute Gasteiger partial charge is 0.258 e. The fourth-order valence-corrected chi connectivity index (χ4v) is 1.03. The second-order valence-electron chi connectivity index (χ2n) is 1.77. The molecule has 0 heterocycles. The molecule has 11 heavy (non-hydrogen) atoms. The van der Waals surface area contributed by atoms with Gasteiger partial charge in [-0.2, -0.15) is 0 Å². The molecule has 0 atom stereocenters. The van der Waals surface area contributed by atoms with Crippen LogP contribution < -0.4 is 0 Å². The minimum absolute atomic E-state index is 0.0546. The quantitative estimate of drug-likeness (QED) is 0.509. The number of nitro benzene ring substituents is 1. The van der Waals surface area contributed by atoms with E-state index in [1.54, 1.807) is 0 Å². The minimum Gasteiger partial charge on any atom is -0.258 e. The molecule has 0 radical (unpaired) electrons. The molecule has 0 saturated carbocycles. The highest BCUT2D eigenvalue weighted by Gasteiger charge is 2.10. The van der Waals surface area contributed by atoms with E-state index in [1.165, 1.54) is 6.07 Å². The summed E-state index contributed by atoms with van der Waals surface area (Å²) < 4.78 is 7.16. The van der Waals surface area contributed by atoms with Gasteiger partial charge in [-0.05, 0) is 12.1 Å². The van der Waals surface area contributed by atoms with Crippen molar-refractivity contribution in [1.82, 2.24) is 0 Å². The first-order chi connectivity index (χ1) is 5.52. The van der Waals surface area contributed by atoms with Gasteiger partial charge in [-0.15, -0.1) is 0 Å². The zero-order valence-corrected chi connectivity index (χ0v) is 6.69. The van der Waals surface area contributed by atoms with Crippen LogP contribution >= 0.6 is 23.2 Å². The summed E-state index contributed by atoms with van der Waals surface area (Å²) in [5, 5.41) is 10.3. The van der Waals surface area contributed by atoms with Gasteiger partial charge in [0, 0.05) is 11.1 Å². The Hall–Kier alpha value is -0.800. The molecule has 0 N–H and O–H groups in total. The summed E-state index contributed by atoms with van der Waals surface area (Å²) in [5.41, 5.74) is -0.300. The van der Waals surface area contributed by atoms with Crippen LogP contribution in [-0.2, 0) is 0 Å². The Kier molecular flexibility index (Phi) is 1.92. The molecule has 1 rings (SSSR count). The van der Waals surface area contributed by atoms with Crippen LogP contribution in [0.3, 0.4) is 0 Å². The molecule has 5 heteroatoms. The van der Waals surface area contributed by atoms with Gasteiger partial charge in [-0.25, -0.2) is 0 Å². The SMILES string of the molecule is [3H]c1cc([N+](=O)[O-])c(Cl)cc1Cl. The van der Waals surface area contributed by atoms with Crippen molar-refractivity contribution in [3.8, 4) is 0 Å². The molecule has 0 fully saturated rings. The van der Waals surface area contributed by atoms with Gasteiger partial charge in [0.15, 0.2) is 0 Å². The largest absolute Gasteiger partial charge is 0.287 e. The van der Waals surface area contributed by atoms with Crippen LogP contribution in [-0.4, -0.2) is 4.92 Å². The van der Waals surface area contributed by atoms with Crippen molar-refractivity contribution < 1.29 is 6.29 Å². The van der Waals surface area contributed by atoms with Crippen molar-refractivity contribution in [2.45, 2.75) is 0 Å². The summed E-state index contributed by atoms with van der Waals surface area (Å²) in [6.07, 6.45) is 0. The summed E-state index contributed by atoms with van der Waals surface area (Å²) in [5.74, 6) is 0. The first kappa shape index (κ1) is 6.88. The Labute approximate surface area is 74.1 Å². The van der Waals surface area contributed by atoms with Gasteiger partial charge in [0.05, 0.1) is 6.29 Å². The maximum absolute atomic E-state index is 10.3. The lowest BCUT2D eigenvalue weighted by Gasteiger charge is -1.93. The van der Waals surface area contributed by atoms with Crippen LogP contribution in [0.1, 0.15) is 1.37 Å². The van der Waals surface area contributed by atoms with E-state index < -0.39 is 4.92 Å². The molecule has 0 unspecified atom stereocenters. The van der Waals surface area contributed by atoms with Gasteiger partial charge in [0.1, 0.15) is 5.02 Å². The Morgan fingerprint density at radius 2 is 2.27 bits per heavy atom. The molecule has 0 spiro atoms. The number of hydrogen-bond acceptors (Lipinski definition) is 2. The Bertz CT molecular complexity index is 343. The highest BCUT2D eigenvalue weighted by atomic mass is 35.5. The second kappa shape index (κ2) is 3.07. The van der Waals surface area contributed by atoms with Gasteiger partial charge in [-0.3, -0.25) is 10.1 Å². The molecule has 1 aromatic carbocycles. The molecule has 0 aromatic heterocycles. The van der Waals surface area contributed by atoms with Crippen LogP contribution in [0.25, 0.3) is 0 Å². The fraction of sp³-hybridized carbons (Fsp3) is 0. The molecule has 0 saturated heterocycles. The van der Waals surface area contributed by atoms with Gasteiger partial charge in [-0.1, -0.05) is 23.2 Å². The predicted molar refractivity (Wildman–Crippen MR) is 43.1 cm³/mol. The van der Waals surface area contributed by atoms with Gasteiger partial charge in [0.25, 0.3) is 5.69 Å². The first-order valence-corrected chi connectivity index (χ1v) is 3.38. The number of rotatable bonds is 1. The highest BCUT2D eigenvalue weighted by molar-refractivity contribution is 6.35. The second-order valence-corrected chi connectivity index (χ2v) is 2.59. The van der Waals surface area contributed by atoms with E-state index in [2.05, 4.69) is 0 Å². The van der Waals surface area contributed by atoms with E-state index in [1.807, 2.05) is 0 Å². The molecule has 0 amide bonds. The van der Waals surface area contributed by atoms with Crippen LogP contribution in [0.2, 0.25) is 10.0 Å². The summed E-state index contributed by atoms with van der Waals surface area (Å²) in [6, 6.07) is 2.10. The molecular weight excluding hydrogens is 189 g/mol. The zero-order valence-electron chi connectivity index (χ0n) is 6.17. The molecule has 0 aliphatic rings. The summed E-state index contributed by atoms with van der Waals surface area (Å²) >= 11 is 11.0. The third-order valence-corrected chi connectivity index (χ3v) is 1.56. The van der Waals surface area contributed by atoms with E-state index in [-0.39, 0.29) is 21.8 Å². The van der Waals surface area contributed by atoms with Crippen molar-refractivity contribution >= 4 is 28.9 Å². The highest BCUT2D eigenvalue weighted by Crippen LogP contribution is 2.26. The van der Waals surface area contributed by atoms with Crippen molar-refractivity contribution in [3.63, 3.8) is 0 Å². The number of benzene rings is 1. The first-order valence-electron chi connectivity index (χ1n) is 3.12. The Morgan fingerprint density at radius 1 is 1.64 bits per heavy atom. The molecule has 0 bridgehead atoms. The molecule has 58 valence electrons. The summed E-state index contributed by atoms with van der Waals surface area (Å²) in [7, 11) is 0. The lowest BCUT2D eigenvalue weighted by molar-refractivity contribution is -0.384. The average molecular weight is 194 g/mol. The van der Waals surface area contributed by atoms with E-state index in [0.29, 0.717) is 0 Å². The molecular formula is C6H3Cl2NO2. The van der Waals surface area contributed by atoms with Crippen LogP contribution in [0.5, 0.6) is 0 Å². The monoisotopic (exact) mass is 193 g/mol. The van der Waals surface area contributed by atoms with Crippen molar-refractivity contribution in [2.75, 3.05) is 0 Å². The average Bonchev–Trinajstić information content (AvgIpc) is 1.96. The third kappa shape index (κ3) is 1.82. The number of hydrogen-bond donors (Lipinski definition) is 0. The van der Waals surface area contributed by atoms with Crippen LogP contribution in [0.15, 0.2) is 18.2 Å². The number of nitrogens with zero attached hydrogens (tertiary/aromatic N) is 1. The molecule has 3 nitrogen and oxygen atoms in total. The molecule has 0 aliphatic carbocycles. The molecule has 1 aromatic rings. The fourth-order valence-electron chi connectivity index (χ4n) is 0.573. The zero-order chi connectivity index (χ0) is 9.30. The maximum Gasteiger partial charge on any atom is 0.287 e. The van der Waals surface area contributed by atoms with Gasteiger partial charge in [0.2, 0.25) is 0 Å². The summed E-state index contributed by atoms with van der Waals surface area (Å²) in [4.78, 5) is 9.62. The van der Waals surface area contributed by atoms with Crippen LogP contribution in [0, 0.1) is 10.1 Å². The van der Waals surface area contributed by atoms with E-state index in [9.17, 15) is 10.1 Å². The number of nitro groups is 1. The van der Waals surface area contributed by atoms with Crippen molar-refractivity contribution in [1.29, 1.82) is 0 Å². The van der Waals surface area contributed by atoms with Crippen molar-refractivity contribution in [2.24, 2.45) is 0 Å². The van der Waals surface area contributed by atoms with Crippen LogP contribution in [0.4, 0.5) is 5.69 Å². The van der Waals surface area contributed by atoms with Crippen molar-refractivity contribution in [3.05, 3.63) is 38.3 Å². The lowest BCUT2D eigenvalue weighted by atomic mass is 10.3. The summed E-state index contributed by atoms with van der Waals surface area (Å²) in [6.45, 7) is 0. The molecule has 0 aliphatic heterocycles. The normalized spacial score (nSPS) is 10.9. The third-order valence-electron chi connectivity index (χ3n) is 1.04. The predicted octanol–water partition coefficient (Wildman–Crippen LogP) is 2.90. The van der Waals surface area contributed by atoms with E-state index >= 15 is 0 Å². The minimum atomic E-state index is -0.656. The number of halogens is 2. The Morgan fingerprint density at radius 3 is 2.82 bits per heavy atom. The van der Waals surface area contributed by atoms with E-state index in [4.69, 9.17) is 24.6 Å². The van der Waals surface area contributed by atoms with Gasteiger partial charge >= 0.3 is 0 Å². The standard InChI is InChI=1S/C6H3Cl2NO2/c7-4-1-2-6(9(10)11)5(8)3-4/h1-3H/i1T. The van der Waals surface area contributed by atoms with Gasteiger partial charge < -0.3 is 0 Å². The topological polar surface area (TPSA) is 43.1 Å². The lowest BCUT2D eigenvalue weighted by Crippen LogP contribution is -1.87.